The van der Waals surface area contributed by atoms with Crippen molar-refractivity contribution in [2.24, 2.45) is 0 Å². The second kappa shape index (κ2) is 5.32. The van der Waals surface area contributed by atoms with Gasteiger partial charge in [0, 0.05) is 12.1 Å². The zero-order valence-corrected chi connectivity index (χ0v) is 10.4. The first kappa shape index (κ1) is 13.0. The molecule has 0 aliphatic heterocycles. The van der Waals surface area contributed by atoms with Gasteiger partial charge in [-0.05, 0) is 38.5 Å². The number of methoxy groups -OCH3 is 1. The van der Waals surface area contributed by atoms with Crippen LogP contribution in [-0.4, -0.2) is 24.3 Å². The summed E-state index contributed by atoms with van der Waals surface area (Å²) in [6.45, 7) is 6.78. The number of β-amino-alcohol motifs (C(OH)–C–C–N with tert-alkyl or cyclic N) is 1. The predicted molar refractivity (Wildman–Crippen MR) is 65.7 cm³/mol. The summed E-state index contributed by atoms with van der Waals surface area (Å²) in [6, 6.07) is 7.48. The topological polar surface area (TPSA) is 41.5 Å². The van der Waals surface area contributed by atoms with Gasteiger partial charge in [-0.25, -0.2) is 0 Å². The predicted octanol–water partition coefficient (Wildman–Crippen LogP) is 2.12. The van der Waals surface area contributed by atoms with E-state index >= 15 is 0 Å². The monoisotopic (exact) mass is 223 g/mol. The van der Waals surface area contributed by atoms with Crippen LogP contribution in [0.5, 0.6) is 5.75 Å². The molecular weight excluding hydrogens is 202 g/mol. The third kappa shape index (κ3) is 4.21. The van der Waals surface area contributed by atoms with E-state index in [1.807, 2.05) is 24.3 Å². The minimum Gasteiger partial charge on any atom is -0.497 e. The molecule has 3 nitrogen and oxygen atoms in total. The van der Waals surface area contributed by atoms with E-state index in [1.54, 1.807) is 7.11 Å². The fourth-order valence-corrected chi connectivity index (χ4v) is 1.35. The maximum Gasteiger partial charge on any atom is 0.118 e. The number of aliphatic hydroxyl groups excluding tert-OH is 1. The van der Waals surface area contributed by atoms with E-state index in [9.17, 15) is 5.11 Å². The van der Waals surface area contributed by atoms with Crippen LogP contribution in [0.3, 0.4) is 0 Å². The van der Waals surface area contributed by atoms with Crippen LogP contribution < -0.4 is 10.1 Å². The van der Waals surface area contributed by atoms with Gasteiger partial charge in [0.2, 0.25) is 0 Å². The molecule has 1 aromatic rings. The van der Waals surface area contributed by atoms with E-state index in [0.717, 1.165) is 11.3 Å². The van der Waals surface area contributed by atoms with E-state index in [1.165, 1.54) is 0 Å². The Morgan fingerprint density at radius 2 is 1.81 bits per heavy atom. The fourth-order valence-electron chi connectivity index (χ4n) is 1.35. The molecule has 1 rings (SSSR count). The minimum atomic E-state index is -0.481. The van der Waals surface area contributed by atoms with E-state index in [-0.39, 0.29) is 5.54 Å². The Kier molecular flexibility index (Phi) is 4.33. The molecule has 0 saturated carbocycles. The first-order valence-corrected chi connectivity index (χ1v) is 5.49. The zero-order chi connectivity index (χ0) is 12.2. The van der Waals surface area contributed by atoms with E-state index in [0.29, 0.717) is 6.54 Å². The van der Waals surface area contributed by atoms with Crippen LogP contribution in [0, 0.1) is 0 Å². The van der Waals surface area contributed by atoms with Crippen LogP contribution in [0.4, 0.5) is 0 Å². The first-order chi connectivity index (χ1) is 7.42. The molecule has 0 amide bonds. The molecule has 1 aromatic carbocycles. The van der Waals surface area contributed by atoms with E-state index < -0.39 is 6.10 Å². The third-order valence-corrected chi connectivity index (χ3v) is 2.33. The molecule has 0 spiro atoms. The molecule has 0 saturated heterocycles. The second-order valence-corrected chi connectivity index (χ2v) is 4.92. The SMILES string of the molecule is COc1ccc([C@H](O)CNC(C)(C)C)cc1. The van der Waals surface area contributed by atoms with Gasteiger partial charge in [-0.15, -0.1) is 0 Å². The number of hydrogen-bond acceptors (Lipinski definition) is 3. The van der Waals surface area contributed by atoms with Crippen molar-refractivity contribution < 1.29 is 9.84 Å². The third-order valence-electron chi connectivity index (χ3n) is 2.33. The van der Waals surface area contributed by atoms with Crippen LogP contribution in [0.25, 0.3) is 0 Å². The van der Waals surface area contributed by atoms with Gasteiger partial charge >= 0.3 is 0 Å². The molecule has 0 aromatic heterocycles. The van der Waals surface area contributed by atoms with Gasteiger partial charge in [0.15, 0.2) is 0 Å². The standard InChI is InChI=1S/C13H21NO2/c1-13(2,3)14-9-12(15)10-5-7-11(16-4)8-6-10/h5-8,12,14-15H,9H2,1-4H3/t12-/m1/s1. The number of rotatable bonds is 4. The van der Waals surface area contributed by atoms with Gasteiger partial charge in [0.05, 0.1) is 13.2 Å². The lowest BCUT2D eigenvalue weighted by atomic mass is 10.1. The highest BCUT2D eigenvalue weighted by molar-refractivity contribution is 5.28. The zero-order valence-electron chi connectivity index (χ0n) is 10.4. The quantitative estimate of drug-likeness (QED) is 0.821. The molecule has 3 heteroatoms. The van der Waals surface area contributed by atoms with Gasteiger partial charge in [-0.3, -0.25) is 0 Å². The van der Waals surface area contributed by atoms with Crippen molar-refractivity contribution in [2.75, 3.05) is 13.7 Å². The van der Waals surface area contributed by atoms with Crippen molar-refractivity contribution in [1.82, 2.24) is 5.32 Å². The van der Waals surface area contributed by atoms with Crippen LogP contribution in [0.15, 0.2) is 24.3 Å². The normalized spacial score (nSPS) is 13.6. The van der Waals surface area contributed by atoms with Crippen molar-refractivity contribution >= 4 is 0 Å². The van der Waals surface area contributed by atoms with Crippen molar-refractivity contribution in [3.8, 4) is 5.75 Å². The molecule has 0 unspecified atom stereocenters. The lowest BCUT2D eigenvalue weighted by molar-refractivity contribution is 0.163. The Labute approximate surface area is 97.4 Å². The molecule has 16 heavy (non-hydrogen) atoms. The van der Waals surface area contributed by atoms with Crippen molar-refractivity contribution in [3.63, 3.8) is 0 Å². The molecule has 1 atom stereocenters. The molecule has 0 heterocycles. The summed E-state index contributed by atoms with van der Waals surface area (Å²) in [5.41, 5.74) is 0.922. The van der Waals surface area contributed by atoms with Gasteiger partial charge in [0.25, 0.3) is 0 Å². The molecule has 90 valence electrons. The fraction of sp³-hybridized carbons (Fsp3) is 0.538. The number of hydrogen-bond donors (Lipinski definition) is 2. The Morgan fingerprint density at radius 3 is 2.25 bits per heavy atom. The average molecular weight is 223 g/mol. The van der Waals surface area contributed by atoms with E-state index in [2.05, 4.69) is 26.1 Å². The number of aliphatic hydroxyl groups is 1. The highest BCUT2D eigenvalue weighted by Crippen LogP contribution is 2.17. The van der Waals surface area contributed by atoms with Crippen LogP contribution in [0.1, 0.15) is 32.4 Å². The van der Waals surface area contributed by atoms with Crippen molar-refractivity contribution in [2.45, 2.75) is 32.4 Å². The molecular formula is C13H21NO2. The molecule has 2 N–H and O–H groups in total. The summed E-state index contributed by atoms with van der Waals surface area (Å²) < 4.78 is 5.07. The molecule has 0 radical (unpaired) electrons. The lowest BCUT2D eigenvalue weighted by Crippen LogP contribution is -2.38. The van der Waals surface area contributed by atoms with Gasteiger partial charge < -0.3 is 15.2 Å². The van der Waals surface area contributed by atoms with E-state index in [4.69, 9.17) is 4.74 Å². The molecule has 0 bridgehead atoms. The Bertz CT molecular complexity index is 314. The van der Waals surface area contributed by atoms with Gasteiger partial charge in [-0.2, -0.15) is 0 Å². The lowest BCUT2D eigenvalue weighted by Gasteiger charge is -2.23. The summed E-state index contributed by atoms with van der Waals surface area (Å²) in [6.07, 6.45) is -0.481. The summed E-state index contributed by atoms with van der Waals surface area (Å²) in [5, 5.41) is 13.2. The Hall–Kier alpha value is -1.06. The van der Waals surface area contributed by atoms with Crippen molar-refractivity contribution in [1.29, 1.82) is 0 Å². The highest BCUT2D eigenvalue weighted by Gasteiger charge is 2.13. The molecule has 0 aliphatic rings. The maximum atomic E-state index is 9.94. The van der Waals surface area contributed by atoms with Gasteiger partial charge in [-0.1, -0.05) is 12.1 Å². The van der Waals surface area contributed by atoms with Crippen molar-refractivity contribution in [3.05, 3.63) is 29.8 Å². The smallest absolute Gasteiger partial charge is 0.118 e. The Morgan fingerprint density at radius 1 is 1.25 bits per heavy atom. The maximum absolute atomic E-state index is 9.94. The van der Waals surface area contributed by atoms with Crippen LogP contribution >= 0.6 is 0 Å². The van der Waals surface area contributed by atoms with Gasteiger partial charge in [0.1, 0.15) is 5.75 Å². The summed E-state index contributed by atoms with van der Waals surface area (Å²) in [7, 11) is 1.63. The number of ether oxygens (including phenoxy) is 1. The summed E-state index contributed by atoms with van der Waals surface area (Å²) in [5.74, 6) is 0.805. The highest BCUT2D eigenvalue weighted by atomic mass is 16.5. The molecule has 0 aliphatic carbocycles. The first-order valence-electron chi connectivity index (χ1n) is 5.49. The number of benzene rings is 1. The summed E-state index contributed by atoms with van der Waals surface area (Å²) in [4.78, 5) is 0. The summed E-state index contributed by atoms with van der Waals surface area (Å²) >= 11 is 0. The van der Waals surface area contributed by atoms with Crippen LogP contribution in [0.2, 0.25) is 0 Å². The second-order valence-electron chi connectivity index (χ2n) is 4.92. The van der Waals surface area contributed by atoms with Crippen LogP contribution in [-0.2, 0) is 0 Å². The largest absolute Gasteiger partial charge is 0.497 e. The molecule has 0 fully saturated rings. The Balaban J connectivity index is 2.56. The number of nitrogens with one attached hydrogen (secondary N) is 1. The minimum absolute atomic E-state index is 0.0213. The average Bonchev–Trinajstić information content (AvgIpc) is 2.25.